The molecular formula is C18H22N4O2. The molecule has 0 saturated carbocycles. The number of benzene rings is 1. The Morgan fingerprint density at radius 1 is 1.12 bits per heavy atom. The molecule has 2 amide bonds. The van der Waals surface area contributed by atoms with Gasteiger partial charge in [0.1, 0.15) is 5.75 Å². The Morgan fingerprint density at radius 2 is 1.88 bits per heavy atom. The average Bonchev–Trinajstić information content (AvgIpc) is 2.63. The van der Waals surface area contributed by atoms with Crippen molar-refractivity contribution in [3.05, 3.63) is 54.4 Å². The highest BCUT2D eigenvalue weighted by atomic mass is 16.5. The summed E-state index contributed by atoms with van der Waals surface area (Å²) in [6.07, 6.45) is 1.81. The van der Waals surface area contributed by atoms with Crippen LogP contribution in [0.4, 0.5) is 10.5 Å². The van der Waals surface area contributed by atoms with E-state index in [0.29, 0.717) is 24.5 Å². The number of pyridine rings is 1. The molecule has 1 aromatic heterocycles. The summed E-state index contributed by atoms with van der Waals surface area (Å²) in [5, 5.41) is 2.93. The fraction of sp³-hybridized carbons (Fsp3) is 0.333. The highest BCUT2D eigenvalue weighted by Gasteiger charge is 2.22. The minimum atomic E-state index is -0.0861. The third-order valence-corrected chi connectivity index (χ3v) is 4.12. The number of carbonyl (C=O) groups excluding carboxylic acids is 1. The van der Waals surface area contributed by atoms with E-state index >= 15 is 0 Å². The molecule has 0 radical (unpaired) electrons. The fourth-order valence-electron chi connectivity index (χ4n) is 2.77. The molecule has 1 aliphatic rings. The van der Waals surface area contributed by atoms with Gasteiger partial charge in [0.05, 0.1) is 18.5 Å². The number of hydrogen-bond acceptors (Lipinski definition) is 4. The molecule has 126 valence electrons. The minimum Gasteiger partial charge on any atom is -0.495 e. The quantitative estimate of drug-likeness (QED) is 0.937. The number of methoxy groups -OCH3 is 1. The van der Waals surface area contributed by atoms with Crippen LogP contribution in [0, 0.1) is 0 Å². The summed E-state index contributed by atoms with van der Waals surface area (Å²) in [6.45, 7) is 3.91. The van der Waals surface area contributed by atoms with Crippen LogP contribution in [0.15, 0.2) is 48.7 Å². The van der Waals surface area contributed by atoms with Gasteiger partial charge in [0.15, 0.2) is 0 Å². The topological polar surface area (TPSA) is 57.7 Å². The second-order valence-electron chi connectivity index (χ2n) is 5.71. The van der Waals surface area contributed by atoms with Gasteiger partial charge >= 0.3 is 6.03 Å². The number of carbonyl (C=O) groups is 1. The van der Waals surface area contributed by atoms with E-state index in [1.807, 2.05) is 53.6 Å². The van der Waals surface area contributed by atoms with E-state index < -0.39 is 0 Å². The van der Waals surface area contributed by atoms with E-state index in [4.69, 9.17) is 4.74 Å². The van der Waals surface area contributed by atoms with E-state index in [9.17, 15) is 4.79 Å². The number of piperazine rings is 1. The molecule has 1 fully saturated rings. The van der Waals surface area contributed by atoms with Gasteiger partial charge in [0.25, 0.3) is 0 Å². The number of rotatable bonds is 4. The normalized spacial score (nSPS) is 15.1. The number of ether oxygens (including phenoxy) is 1. The third-order valence-electron chi connectivity index (χ3n) is 4.12. The largest absolute Gasteiger partial charge is 0.495 e. The molecule has 1 saturated heterocycles. The van der Waals surface area contributed by atoms with E-state index in [2.05, 4.69) is 15.2 Å². The smallest absolute Gasteiger partial charge is 0.322 e. The zero-order valence-corrected chi connectivity index (χ0v) is 13.8. The monoisotopic (exact) mass is 326 g/mol. The van der Waals surface area contributed by atoms with E-state index in [-0.39, 0.29) is 6.03 Å². The van der Waals surface area contributed by atoms with Crippen molar-refractivity contribution in [3.8, 4) is 5.75 Å². The summed E-state index contributed by atoms with van der Waals surface area (Å²) in [5.74, 6) is 0.666. The molecule has 0 atom stereocenters. The molecule has 2 aromatic rings. The van der Waals surface area contributed by atoms with Crippen molar-refractivity contribution < 1.29 is 9.53 Å². The number of nitrogens with zero attached hydrogens (tertiary/aromatic N) is 3. The van der Waals surface area contributed by atoms with Crippen LogP contribution in [0.1, 0.15) is 5.69 Å². The summed E-state index contributed by atoms with van der Waals surface area (Å²) < 4.78 is 5.27. The van der Waals surface area contributed by atoms with Gasteiger partial charge in [-0.05, 0) is 24.3 Å². The maximum Gasteiger partial charge on any atom is 0.322 e. The summed E-state index contributed by atoms with van der Waals surface area (Å²) in [4.78, 5) is 20.9. The lowest BCUT2D eigenvalue weighted by atomic mass is 10.2. The second-order valence-corrected chi connectivity index (χ2v) is 5.71. The van der Waals surface area contributed by atoms with E-state index in [1.165, 1.54) is 0 Å². The predicted molar refractivity (Wildman–Crippen MR) is 93.1 cm³/mol. The van der Waals surface area contributed by atoms with Crippen molar-refractivity contribution >= 4 is 11.7 Å². The van der Waals surface area contributed by atoms with Crippen LogP contribution in [0.3, 0.4) is 0 Å². The van der Waals surface area contributed by atoms with E-state index in [0.717, 1.165) is 25.3 Å². The number of aromatic nitrogens is 1. The Morgan fingerprint density at radius 3 is 2.58 bits per heavy atom. The van der Waals surface area contributed by atoms with E-state index in [1.54, 1.807) is 7.11 Å². The zero-order chi connectivity index (χ0) is 16.8. The van der Waals surface area contributed by atoms with Crippen molar-refractivity contribution in [1.82, 2.24) is 14.8 Å². The van der Waals surface area contributed by atoms with Crippen molar-refractivity contribution in [2.45, 2.75) is 6.54 Å². The molecule has 2 heterocycles. The molecule has 1 aromatic carbocycles. The van der Waals surface area contributed by atoms with Crippen molar-refractivity contribution in [2.75, 3.05) is 38.6 Å². The van der Waals surface area contributed by atoms with Crippen LogP contribution in [0.2, 0.25) is 0 Å². The van der Waals surface area contributed by atoms with Gasteiger partial charge in [-0.3, -0.25) is 9.88 Å². The van der Waals surface area contributed by atoms with Crippen molar-refractivity contribution in [3.63, 3.8) is 0 Å². The van der Waals surface area contributed by atoms with Crippen LogP contribution in [0.25, 0.3) is 0 Å². The molecule has 0 aliphatic carbocycles. The standard InChI is InChI=1S/C18H22N4O2/c1-24-17-8-3-2-7-16(17)20-18(23)22-12-10-21(11-13-22)14-15-6-4-5-9-19-15/h2-9H,10-14H2,1H3,(H,20,23). The highest BCUT2D eigenvalue weighted by molar-refractivity contribution is 5.91. The van der Waals surface area contributed by atoms with Crippen molar-refractivity contribution in [1.29, 1.82) is 0 Å². The Balaban J connectivity index is 1.52. The minimum absolute atomic E-state index is 0.0861. The van der Waals surface area contributed by atoms with Gasteiger partial charge in [-0.2, -0.15) is 0 Å². The molecule has 6 heteroatoms. The summed E-state index contributed by atoms with van der Waals surface area (Å²) in [7, 11) is 1.60. The van der Waals surface area contributed by atoms with Gasteiger partial charge in [0.2, 0.25) is 0 Å². The first-order valence-corrected chi connectivity index (χ1v) is 8.07. The Hall–Kier alpha value is -2.60. The molecule has 0 spiro atoms. The fourth-order valence-corrected chi connectivity index (χ4v) is 2.77. The summed E-state index contributed by atoms with van der Waals surface area (Å²) in [5.41, 5.74) is 1.75. The first-order chi connectivity index (χ1) is 11.8. The molecule has 1 aliphatic heterocycles. The van der Waals surface area contributed by atoms with Crippen molar-refractivity contribution in [2.24, 2.45) is 0 Å². The average molecular weight is 326 g/mol. The lowest BCUT2D eigenvalue weighted by Crippen LogP contribution is -2.49. The maximum atomic E-state index is 12.4. The number of para-hydroxylation sites is 2. The molecule has 6 nitrogen and oxygen atoms in total. The van der Waals surface area contributed by atoms with Gasteiger partial charge in [-0.25, -0.2) is 4.79 Å². The number of amides is 2. The maximum absolute atomic E-state index is 12.4. The summed E-state index contributed by atoms with van der Waals surface area (Å²) in [6, 6.07) is 13.3. The van der Waals surface area contributed by atoms with Crippen LogP contribution < -0.4 is 10.1 Å². The first kappa shape index (κ1) is 16.3. The number of nitrogens with one attached hydrogen (secondary N) is 1. The van der Waals surface area contributed by atoms with Gasteiger partial charge in [0, 0.05) is 38.9 Å². The van der Waals surface area contributed by atoms with Gasteiger partial charge in [-0.1, -0.05) is 18.2 Å². The number of urea groups is 1. The van der Waals surface area contributed by atoms with Crippen LogP contribution >= 0.6 is 0 Å². The number of hydrogen-bond donors (Lipinski definition) is 1. The van der Waals surface area contributed by atoms with Crippen LogP contribution in [0.5, 0.6) is 5.75 Å². The molecule has 24 heavy (non-hydrogen) atoms. The van der Waals surface area contributed by atoms with Crippen LogP contribution in [-0.4, -0.2) is 54.1 Å². The second kappa shape index (κ2) is 7.79. The Bertz CT molecular complexity index is 670. The van der Waals surface area contributed by atoms with Gasteiger partial charge in [-0.15, -0.1) is 0 Å². The molecule has 0 unspecified atom stereocenters. The SMILES string of the molecule is COc1ccccc1NC(=O)N1CCN(Cc2ccccn2)CC1. The predicted octanol–water partition coefficient (Wildman–Crippen LogP) is 2.44. The van der Waals surface area contributed by atoms with Gasteiger partial charge < -0.3 is 15.0 Å². The molecule has 0 bridgehead atoms. The highest BCUT2D eigenvalue weighted by Crippen LogP contribution is 2.23. The Kier molecular flexibility index (Phi) is 5.28. The molecular weight excluding hydrogens is 304 g/mol. The zero-order valence-electron chi connectivity index (χ0n) is 13.8. The van der Waals surface area contributed by atoms with Crippen LogP contribution in [-0.2, 0) is 6.54 Å². The first-order valence-electron chi connectivity index (χ1n) is 8.07. The summed E-state index contributed by atoms with van der Waals surface area (Å²) >= 11 is 0. The third kappa shape index (κ3) is 4.02. The Labute approximate surface area is 142 Å². The lowest BCUT2D eigenvalue weighted by molar-refractivity contribution is 0.142. The number of anilines is 1. The molecule has 1 N–H and O–H groups in total. The lowest BCUT2D eigenvalue weighted by Gasteiger charge is -2.34. The molecule has 3 rings (SSSR count).